The number of anilines is 1. The van der Waals surface area contributed by atoms with Crippen molar-refractivity contribution in [1.29, 1.82) is 0 Å². The summed E-state index contributed by atoms with van der Waals surface area (Å²) in [7, 11) is 0. The molecule has 14 heteroatoms. The maximum absolute atomic E-state index is 14.1. The summed E-state index contributed by atoms with van der Waals surface area (Å²) in [5.74, 6) is -1.87. The van der Waals surface area contributed by atoms with Gasteiger partial charge < -0.3 is 15.0 Å². The molecule has 5 heterocycles. The summed E-state index contributed by atoms with van der Waals surface area (Å²) in [5.41, 5.74) is 1.40. The van der Waals surface area contributed by atoms with E-state index in [0.717, 1.165) is 0 Å². The standard InChI is InChI=1S/C31H38F5N7O2/c1-19-14-41(24(13-37-19)15-40-8-9-45-17-23(40)12-32)16-26(44)42-18-30(2,3)27-25(42)11-21(10-20-4-6-22(33)7-5-20)28-38-29(31(34,35)36)39-43(27)28/h4-7,11,19,23-24,37H,8-10,12-18H2,1-3H3/t19-,23-,24-/m1/s1. The molecule has 0 spiro atoms. The van der Waals surface area contributed by atoms with E-state index >= 15 is 0 Å². The molecule has 0 saturated carbocycles. The van der Waals surface area contributed by atoms with Crippen molar-refractivity contribution in [3.8, 4) is 0 Å². The van der Waals surface area contributed by atoms with Crippen molar-refractivity contribution in [3.05, 3.63) is 58.8 Å². The van der Waals surface area contributed by atoms with Gasteiger partial charge in [0.1, 0.15) is 12.5 Å². The number of halogens is 5. The predicted molar refractivity (Wildman–Crippen MR) is 158 cm³/mol. The highest BCUT2D eigenvalue weighted by molar-refractivity contribution is 5.97. The van der Waals surface area contributed by atoms with Crippen LogP contribution in [0, 0.1) is 5.82 Å². The van der Waals surface area contributed by atoms with Gasteiger partial charge in [0.15, 0.2) is 5.65 Å². The monoisotopic (exact) mass is 635 g/mol. The topological polar surface area (TPSA) is 78.2 Å². The van der Waals surface area contributed by atoms with Crippen molar-refractivity contribution >= 4 is 17.2 Å². The van der Waals surface area contributed by atoms with E-state index in [1.807, 2.05) is 20.8 Å². The third-order valence-corrected chi connectivity index (χ3v) is 9.05. The summed E-state index contributed by atoms with van der Waals surface area (Å²) in [6.07, 6.45) is -4.60. The molecule has 0 aliphatic carbocycles. The van der Waals surface area contributed by atoms with Gasteiger partial charge in [0.2, 0.25) is 5.91 Å². The second-order valence-electron chi connectivity index (χ2n) is 13.0. The van der Waals surface area contributed by atoms with Crippen LogP contribution in [0.25, 0.3) is 5.65 Å². The van der Waals surface area contributed by atoms with Gasteiger partial charge >= 0.3 is 6.18 Å². The Balaban J connectivity index is 1.34. The molecule has 0 radical (unpaired) electrons. The van der Waals surface area contributed by atoms with Gasteiger partial charge in [0.05, 0.1) is 37.2 Å². The van der Waals surface area contributed by atoms with Gasteiger partial charge in [-0.2, -0.15) is 13.2 Å². The largest absolute Gasteiger partial charge is 0.453 e. The zero-order valence-electron chi connectivity index (χ0n) is 25.6. The van der Waals surface area contributed by atoms with E-state index in [-0.39, 0.29) is 49.2 Å². The molecule has 1 N–H and O–H groups in total. The number of benzene rings is 1. The summed E-state index contributed by atoms with van der Waals surface area (Å²) < 4.78 is 75.5. The number of carbonyl (C=O) groups is 1. The van der Waals surface area contributed by atoms with Gasteiger partial charge in [-0.1, -0.05) is 26.0 Å². The maximum atomic E-state index is 14.1. The first-order valence-electron chi connectivity index (χ1n) is 15.2. The Hall–Kier alpha value is -3.20. The van der Waals surface area contributed by atoms with E-state index < -0.39 is 29.9 Å². The second kappa shape index (κ2) is 12.2. The van der Waals surface area contributed by atoms with Crippen LogP contribution in [0.15, 0.2) is 30.3 Å². The van der Waals surface area contributed by atoms with Gasteiger partial charge in [-0.25, -0.2) is 18.3 Å². The fraction of sp³-hybridized carbons (Fsp3) is 0.581. The van der Waals surface area contributed by atoms with E-state index in [9.17, 15) is 26.7 Å². The van der Waals surface area contributed by atoms with Gasteiger partial charge in [-0.3, -0.25) is 14.6 Å². The minimum atomic E-state index is -4.76. The highest BCUT2D eigenvalue weighted by Crippen LogP contribution is 2.43. The van der Waals surface area contributed by atoms with E-state index in [2.05, 4.69) is 25.2 Å². The molecule has 1 aromatic carbocycles. The van der Waals surface area contributed by atoms with Crippen molar-refractivity contribution in [2.45, 2.75) is 56.9 Å². The molecule has 0 unspecified atom stereocenters. The zero-order chi connectivity index (χ0) is 32.1. The Morgan fingerprint density at radius 2 is 1.91 bits per heavy atom. The van der Waals surface area contributed by atoms with Crippen molar-refractivity contribution in [2.75, 3.05) is 64.1 Å². The average Bonchev–Trinajstić information content (AvgIpc) is 3.55. The van der Waals surface area contributed by atoms with E-state index in [0.29, 0.717) is 61.9 Å². The van der Waals surface area contributed by atoms with Crippen LogP contribution in [0.1, 0.15) is 43.4 Å². The third-order valence-electron chi connectivity index (χ3n) is 9.05. The number of rotatable bonds is 7. The minimum Gasteiger partial charge on any atom is -0.378 e. The lowest BCUT2D eigenvalue weighted by atomic mass is 9.90. The first-order valence-corrected chi connectivity index (χ1v) is 15.2. The van der Waals surface area contributed by atoms with Crippen LogP contribution in [0.3, 0.4) is 0 Å². The number of aromatic nitrogens is 3. The molecule has 244 valence electrons. The lowest BCUT2D eigenvalue weighted by molar-refractivity contribution is -0.144. The van der Waals surface area contributed by atoms with Crippen LogP contribution in [0.4, 0.5) is 27.6 Å². The van der Waals surface area contributed by atoms with Crippen LogP contribution in [-0.2, 0) is 27.5 Å². The summed E-state index contributed by atoms with van der Waals surface area (Å²) in [6, 6.07) is 7.22. The molecule has 3 aliphatic heterocycles. The van der Waals surface area contributed by atoms with Gasteiger partial charge in [0, 0.05) is 62.2 Å². The molecule has 2 aromatic heterocycles. The van der Waals surface area contributed by atoms with Crippen LogP contribution < -0.4 is 10.2 Å². The minimum absolute atomic E-state index is 0.0476. The smallest absolute Gasteiger partial charge is 0.378 e. The highest BCUT2D eigenvalue weighted by atomic mass is 19.4. The Labute approximate surface area is 258 Å². The molecule has 2 saturated heterocycles. The molecule has 3 aliphatic rings. The number of fused-ring (bicyclic) bond motifs is 3. The summed E-state index contributed by atoms with van der Waals surface area (Å²) in [4.78, 5) is 23.9. The first-order chi connectivity index (χ1) is 21.3. The lowest BCUT2D eigenvalue weighted by Crippen LogP contribution is -2.62. The van der Waals surface area contributed by atoms with Crippen LogP contribution in [0.5, 0.6) is 0 Å². The lowest BCUT2D eigenvalue weighted by Gasteiger charge is -2.44. The number of hydrogen-bond donors (Lipinski definition) is 1. The van der Waals surface area contributed by atoms with Crippen molar-refractivity contribution < 1.29 is 31.5 Å². The van der Waals surface area contributed by atoms with Crippen LogP contribution in [0.2, 0.25) is 0 Å². The third kappa shape index (κ3) is 6.42. The molecule has 6 rings (SSSR count). The van der Waals surface area contributed by atoms with Crippen molar-refractivity contribution in [2.24, 2.45) is 0 Å². The zero-order valence-corrected chi connectivity index (χ0v) is 25.6. The predicted octanol–water partition coefficient (Wildman–Crippen LogP) is 3.43. The molecular weight excluding hydrogens is 597 g/mol. The molecule has 2 fully saturated rings. The number of piperazine rings is 1. The van der Waals surface area contributed by atoms with Crippen LogP contribution >= 0.6 is 0 Å². The van der Waals surface area contributed by atoms with Crippen molar-refractivity contribution in [3.63, 3.8) is 0 Å². The number of nitrogens with zero attached hydrogens (tertiary/aromatic N) is 6. The van der Waals surface area contributed by atoms with Gasteiger partial charge in [-0.05, 0) is 30.7 Å². The van der Waals surface area contributed by atoms with E-state index in [1.165, 1.54) is 16.6 Å². The molecule has 0 bridgehead atoms. The van der Waals surface area contributed by atoms with Gasteiger partial charge in [-0.15, -0.1) is 5.10 Å². The highest BCUT2D eigenvalue weighted by Gasteiger charge is 2.44. The normalized spacial score (nSPS) is 24.4. The molecular formula is C31H38F5N7O2. The Morgan fingerprint density at radius 3 is 2.62 bits per heavy atom. The number of ether oxygens (including phenoxy) is 1. The molecule has 9 nitrogen and oxygen atoms in total. The molecule has 1 amide bonds. The molecule has 3 atom stereocenters. The fourth-order valence-corrected chi connectivity index (χ4v) is 6.78. The van der Waals surface area contributed by atoms with E-state index in [1.54, 1.807) is 23.1 Å². The molecule has 3 aromatic rings. The average molecular weight is 636 g/mol. The summed E-state index contributed by atoms with van der Waals surface area (Å²) in [6.45, 7) is 8.91. The number of carbonyl (C=O) groups excluding carboxylic acids is 1. The SMILES string of the molecule is C[C@@H]1CN(CC(=O)N2CC(C)(C)c3c2cc(Cc2ccc(F)cc2)c2nc(C(F)(F)F)nn32)[C@@H](CN2CCOC[C@H]2CF)CN1. The number of nitrogens with one attached hydrogen (secondary N) is 1. The summed E-state index contributed by atoms with van der Waals surface area (Å²) >= 11 is 0. The Kier molecular flexibility index (Phi) is 8.61. The van der Waals surface area contributed by atoms with Crippen molar-refractivity contribution in [1.82, 2.24) is 29.7 Å². The van der Waals surface area contributed by atoms with Crippen LogP contribution in [-0.4, -0.2) is 108 Å². The quantitative estimate of drug-likeness (QED) is 0.399. The number of amides is 1. The summed E-state index contributed by atoms with van der Waals surface area (Å²) in [5, 5.41) is 7.37. The van der Waals surface area contributed by atoms with E-state index in [4.69, 9.17) is 4.74 Å². The van der Waals surface area contributed by atoms with Gasteiger partial charge in [0.25, 0.3) is 5.82 Å². The fourth-order valence-electron chi connectivity index (χ4n) is 6.78. The number of alkyl halides is 4. The second-order valence-corrected chi connectivity index (χ2v) is 13.0. The Morgan fingerprint density at radius 1 is 1.16 bits per heavy atom. The number of pyridine rings is 1. The number of hydrogen-bond acceptors (Lipinski definition) is 7. The maximum Gasteiger partial charge on any atom is 0.453 e. The molecule has 45 heavy (non-hydrogen) atoms. The number of morpholine rings is 1. The first kappa shape index (κ1) is 31.8. The Bertz CT molecular complexity index is 1540.